The van der Waals surface area contributed by atoms with Gasteiger partial charge in [-0.15, -0.1) is 0 Å². The minimum Gasteiger partial charge on any atom is -0.0929 e. The summed E-state index contributed by atoms with van der Waals surface area (Å²) in [4.78, 5) is 0. The van der Waals surface area contributed by atoms with E-state index in [4.69, 9.17) is 0 Å². The molecular formula is C31H40P2. The highest BCUT2D eigenvalue weighted by molar-refractivity contribution is 7.76. The molecule has 2 aromatic carbocycles. The van der Waals surface area contributed by atoms with Crippen LogP contribution < -0.4 is 10.6 Å². The van der Waals surface area contributed by atoms with Gasteiger partial charge in [0.25, 0.3) is 0 Å². The predicted molar refractivity (Wildman–Crippen MR) is 150 cm³/mol. The van der Waals surface area contributed by atoms with E-state index >= 15 is 0 Å². The molecule has 0 heterocycles. The SMILES string of the molecule is C[C@@H](C1=C(P(c2ccccc2)c2ccccc2)CC=C1)P(C1CCCCC1)C1CCCCC1. The first kappa shape index (κ1) is 23.5. The van der Waals surface area contributed by atoms with E-state index in [1.165, 1.54) is 74.8 Å². The van der Waals surface area contributed by atoms with Crippen molar-refractivity contribution in [2.75, 3.05) is 0 Å². The molecule has 0 amide bonds. The molecule has 0 radical (unpaired) electrons. The van der Waals surface area contributed by atoms with E-state index in [9.17, 15) is 0 Å². The predicted octanol–water partition coefficient (Wildman–Crippen LogP) is 8.87. The molecule has 3 aliphatic carbocycles. The third kappa shape index (κ3) is 5.39. The highest BCUT2D eigenvalue weighted by atomic mass is 31.1. The van der Waals surface area contributed by atoms with E-state index in [2.05, 4.69) is 79.7 Å². The molecule has 2 fully saturated rings. The summed E-state index contributed by atoms with van der Waals surface area (Å²) in [5, 5.41) is 4.78. The fourth-order valence-corrected chi connectivity index (χ4v) is 13.7. The largest absolute Gasteiger partial charge is 0.0929 e. The van der Waals surface area contributed by atoms with Gasteiger partial charge >= 0.3 is 0 Å². The minimum atomic E-state index is -0.456. The van der Waals surface area contributed by atoms with E-state index in [1.807, 2.05) is 0 Å². The molecule has 3 aliphatic rings. The van der Waals surface area contributed by atoms with Crippen molar-refractivity contribution < 1.29 is 0 Å². The van der Waals surface area contributed by atoms with E-state index in [0.717, 1.165) is 23.4 Å². The number of rotatable bonds is 7. The van der Waals surface area contributed by atoms with Crippen LogP contribution in [0.2, 0.25) is 0 Å². The van der Waals surface area contributed by atoms with Crippen LogP contribution in [0.1, 0.15) is 77.6 Å². The van der Waals surface area contributed by atoms with Crippen molar-refractivity contribution in [1.82, 2.24) is 0 Å². The van der Waals surface area contributed by atoms with E-state index in [-0.39, 0.29) is 7.92 Å². The maximum Gasteiger partial charge on any atom is 0.00217 e. The van der Waals surface area contributed by atoms with Gasteiger partial charge in [-0.1, -0.05) is 126 Å². The fraction of sp³-hybridized carbons (Fsp3) is 0.484. The highest BCUT2D eigenvalue weighted by Crippen LogP contribution is 2.62. The zero-order valence-corrected chi connectivity index (χ0v) is 22.1. The van der Waals surface area contributed by atoms with E-state index in [0.29, 0.717) is 0 Å². The lowest BCUT2D eigenvalue weighted by molar-refractivity contribution is 0.482. The molecule has 0 aromatic heterocycles. The van der Waals surface area contributed by atoms with Crippen molar-refractivity contribution in [3.8, 4) is 0 Å². The summed E-state index contributed by atoms with van der Waals surface area (Å²) in [5.74, 6) is 0. The van der Waals surface area contributed by atoms with Gasteiger partial charge in [0.15, 0.2) is 0 Å². The highest BCUT2D eigenvalue weighted by Gasteiger charge is 2.37. The summed E-state index contributed by atoms with van der Waals surface area (Å²) < 4.78 is 0. The minimum absolute atomic E-state index is 0.0428. The average molecular weight is 475 g/mol. The topological polar surface area (TPSA) is 0 Å². The smallest absolute Gasteiger partial charge is 0.00217 e. The molecule has 5 rings (SSSR count). The monoisotopic (exact) mass is 474 g/mol. The Morgan fingerprint density at radius 2 is 1.15 bits per heavy atom. The third-order valence-corrected chi connectivity index (χ3v) is 14.6. The molecule has 1 atom stereocenters. The second-order valence-corrected chi connectivity index (χ2v) is 15.6. The van der Waals surface area contributed by atoms with Crippen LogP contribution in [0.15, 0.2) is 83.7 Å². The van der Waals surface area contributed by atoms with Crippen molar-refractivity contribution in [3.63, 3.8) is 0 Å². The first-order valence-corrected chi connectivity index (χ1v) is 16.3. The van der Waals surface area contributed by atoms with Crippen LogP contribution in [0.5, 0.6) is 0 Å². The molecule has 0 nitrogen and oxygen atoms in total. The summed E-state index contributed by atoms with van der Waals surface area (Å²) in [5.41, 5.74) is 4.50. The first-order chi connectivity index (χ1) is 16.3. The Morgan fingerprint density at radius 3 is 1.64 bits per heavy atom. The van der Waals surface area contributed by atoms with Crippen LogP contribution in [-0.2, 0) is 0 Å². The van der Waals surface area contributed by atoms with Crippen molar-refractivity contribution in [2.24, 2.45) is 0 Å². The number of hydrogen-bond acceptors (Lipinski definition) is 0. The second kappa shape index (κ2) is 11.5. The molecule has 33 heavy (non-hydrogen) atoms. The van der Waals surface area contributed by atoms with Crippen LogP contribution in [0.4, 0.5) is 0 Å². The summed E-state index contributed by atoms with van der Waals surface area (Å²) in [6.07, 6.45) is 21.1. The molecule has 0 bridgehead atoms. The third-order valence-electron chi connectivity index (χ3n) is 8.13. The van der Waals surface area contributed by atoms with Crippen molar-refractivity contribution in [1.29, 1.82) is 0 Å². The van der Waals surface area contributed by atoms with E-state index < -0.39 is 7.92 Å². The average Bonchev–Trinajstić information content (AvgIpc) is 3.36. The molecule has 0 saturated heterocycles. The maximum atomic E-state index is 2.64. The number of benzene rings is 2. The molecule has 2 heteroatoms. The number of allylic oxidation sites excluding steroid dienone is 4. The zero-order chi connectivity index (χ0) is 22.5. The Bertz CT molecular complexity index is 876. The first-order valence-electron chi connectivity index (χ1n) is 13.4. The van der Waals surface area contributed by atoms with Crippen LogP contribution in [0, 0.1) is 0 Å². The molecule has 0 spiro atoms. The molecule has 0 unspecified atom stereocenters. The van der Waals surface area contributed by atoms with Gasteiger partial charge in [0, 0.05) is 5.66 Å². The zero-order valence-electron chi connectivity index (χ0n) is 20.3. The van der Waals surface area contributed by atoms with Crippen molar-refractivity contribution in [2.45, 2.75) is 94.5 Å². The van der Waals surface area contributed by atoms with Crippen molar-refractivity contribution >= 4 is 26.5 Å². The Balaban J connectivity index is 1.54. The quantitative estimate of drug-likeness (QED) is 0.352. The van der Waals surface area contributed by atoms with Gasteiger partial charge in [-0.3, -0.25) is 0 Å². The summed E-state index contributed by atoms with van der Waals surface area (Å²) in [6.45, 7) is 2.64. The molecule has 0 aliphatic heterocycles. The summed E-state index contributed by atoms with van der Waals surface area (Å²) >= 11 is 0. The fourth-order valence-electron chi connectivity index (χ4n) is 6.58. The normalized spacial score (nSPS) is 21.3. The summed E-state index contributed by atoms with van der Waals surface area (Å²) in [6, 6.07) is 22.8. The number of hydrogen-bond donors (Lipinski definition) is 0. The Hall–Kier alpha value is -1.22. The lowest BCUT2D eigenvalue weighted by Crippen LogP contribution is -2.26. The molecule has 0 N–H and O–H groups in total. The van der Waals surface area contributed by atoms with Gasteiger partial charge in [-0.25, -0.2) is 0 Å². The van der Waals surface area contributed by atoms with Gasteiger partial charge in [-0.2, -0.15) is 0 Å². The van der Waals surface area contributed by atoms with Crippen LogP contribution in [0.3, 0.4) is 0 Å². The molecule has 174 valence electrons. The van der Waals surface area contributed by atoms with E-state index in [1.54, 1.807) is 10.9 Å². The van der Waals surface area contributed by atoms with Gasteiger partial charge < -0.3 is 0 Å². The van der Waals surface area contributed by atoms with Gasteiger partial charge in [-0.05, 0) is 72.8 Å². The van der Waals surface area contributed by atoms with Crippen LogP contribution in [-0.4, -0.2) is 17.0 Å². The lowest BCUT2D eigenvalue weighted by Gasteiger charge is -2.43. The van der Waals surface area contributed by atoms with Gasteiger partial charge in [0.2, 0.25) is 0 Å². The summed E-state index contributed by atoms with van der Waals surface area (Å²) in [7, 11) is -0.413. The van der Waals surface area contributed by atoms with Crippen LogP contribution in [0.25, 0.3) is 0 Å². The lowest BCUT2D eigenvalue weighted by atomic mass is 9.99. The van der Waals surface area contributed by atoms with Crippen molar-refractivity contribution in [3.05, 3.63) is 83.7 Å². The molecule has 2 saturated carbocycles. The maximum absolute atomic E-state index is 2.64. The Labute approximate surface area is 204 Å². The standard InChI is InChI=1S/C31H40P2/c1-25(32(26-15-6-2-7-16-26)27-17-8-3-9-18-27)30-23-14-24-31(30)33(28-19-10-4-11-20-28)29-21-12-5-13-22-29/h4-5,10-14,19-23,25-27H,2-3,6-9,15-18,24H2,1H3/t25-/m0/s1. The van der Waals surface area contributed by atoms with Crippen LogP contribution >= 0.6 is 15.8 Å². The van der Waals surface area contributed by atoms with Gasteiger partial charge in [0.05, 0.1) is 0 Å². The second-order valence-electron chi connectivity index (χ2n) is 10.2. The Kier molecular flexibility index (Phi) is 8.18. The Morgan fingerprint density at radius 1 is 0.667 bits per heavy atom. The molecular weight excluding hydrogens is 434 g/mol. The van der Waals surface area contributed by atoms with Gasteiger partial charge in [0.1, 0.15) is 0 Å². The molecule has 2 aromatic rings.